The first kappa shape index (κ1) is 28.2. The SMILES string of the molecule is CCCCCCCCCCCCCC(n1cc[n+](CC)c1)C(C)(Cc1ccccc1)c1ccccc1. The molecular formula is C34H51N2+. The first-order valence-electron chi connectivity index (χ1n) is 14.8. The van der Waals surface area contributed by atoms with Crippen LogP contribution >= 0.6 is 0 Å². The molecule has 0 radical (unpaired) electrons. The van der Waals surface area contributed by atoms with Crippen LogP contribution in [-0.2, 0) is 18.4 Å². The summed E-state index contributed by atoms with van der Waals surface area (Å²) in [5.74, 6) is 0. The van der Waals surface area contributed by atoms with E-state index in [1.165, 1.54) is 88.2 Å². The van der Waals surface area contributed by atoms with Crippen LogP contribution in [0.1, 0.15) is 115 Å². The molecule has 0 amide bonds. The first-order valence-corrected chi connectivity index (χ1v) is 14.8. The smallest absolute Gasteiger partial charge is 0.237 e. The van der Waals surface area contributed by atoms with Gasteiger partial charge in [-0.1, -0.05) is 139 Å². The molecule has 0 bridgehead atoms. The molecule has 0 spiro atoms. The number of hydrogen-bond donors (Lipinski definition) is 0. The van der Waals surface area contributed by atoms with E-state index in [2.05, 4.69) is 109 Å². The van der Waals surface area contributed by atoms with Gasteiger partial charge in [-0.15, -0.1) is 0 Å². The van der Waals surface area contributed by atoms with Crippen LogP contribution in [-0.4, -0.2) is 4.57 Å². The van der Waals surface area contributed by atoms with Crippen molar-refractivity contribution in [3.05, 3.63) is 90.5 Å². The van der Waals surface area contributed by atoms with Gasteiger partial charge in [0.25, 0.3) is 0 Å². The minimum atomic E-state index is 0.0195. The molecule has 3 aromatic rings. The normalized spacial score (nSPS) is 14.0. The molecular weight excluding hydrogens is 436 g/mol. The average molecular weight is 488 g/mol. The summed E-state index contributed by atoms with van der Waals surface area (Å²) in [5.41, 5.74) is 2.88. The number of aryl methyl sites for hydroxylation is 1. The van der Waals surface area contributed by atoms with E-state index in [1.54, 1.807) is 0 Å². The Hall–Kier alpha value is -2.35. The summed E-state index contributed by atoms with van der Waals surface area (Å²) in [6.07, 6.45) is 24.4. The highest BCUT2D eigenvalue weighted by Crippen LogP contribution is 2.41. The minimum absolute atomic E-state index is 0.0195. The zero-order chi connectivity index (χ0) is 25.5. The van der Waals surface area contributed by atoms with E-state index in [4.69, 9.17) is 0 Å². The molecule has 36 heavy (non-hydrogen) atoms. The Morgan fingerprint density at radius 2 is 1.28 bits per heavy atom. The number of aromatic nitrogens is 2. The Balaban J connectivity index is 1.66. The molecule has 196 valence electrons. The Bertz CT molecular complexity index is 946. The molecule has 2 heteroatoms. The van der Waals surface area contributed by atoms with Crippen molar-refractivity contribution in [1.29, 1.82) is 0 Å². The van der Waals surface area contributed by atoms with Gasteiger partial charge in [-0.2, -0.15) is 0 Å². The number of rotatable bonds is 18. The third-order valence-electron chi connectivity index (χ3n) is 8.10. The molecule has 2 nitrogen and oxygen atoms in total. The summed E-state index contributed by atoms with van der Waals surface area (Å²) in [4.78, 5) is 0. The van der Waals surface area contributed by atoms with Crippen LogP contribution in [0, 0.1) is 0 Å². The number of benzene rings is 2. The summed E-state index contributed by atoms with van der Waals surface area (Å²) < 4.78 is 4.82. The molecule has 0 N–H and O–H groups in total. The molecule has 0 aliphatic carbocycles. The lowest BCUT2D eigenvalue weighted by Gasteiger charge is -2.37. The maximum absolute atomic E-state index is 2.51. The van der Waals surface area contributed by atoms with Crippen molar-refractivity contribution in [2.24, 2.45) is 0 Å². The van der Waals surface area contributed by atoms with Gasteiger partial charge in [-0.3, -0.25) is 0 Å². The zero-order valence-electron chi connectivity index (χ0n) is 23.4. The molecule has 0 saturated heterocycles. The zero-order valence-corrected chi connectivity index (χ0v) is 23.4. The van der Waals surface area contributed by atoms with Crippen LogP contribution in [0.2, 0.25) is 0 Å². The Morgan fingerprint density at radius 1 is 0.722 bits per heavy atom. The molecule has 2 unspecified atom stereocenters. The molecule has 1 heterocycles. The van der Waals surface area contributed by atoms with Crippen LogP contribution in [0.15, 0.2) is 79.4 Å². The maximum Gasteiger partial charge on any atom is 0.243 e. The number of hydrogen-bond acceptors (Lipinski definition) is 0. The van der Waals surface area contributed by atoms with Crippen molar-refractivity contribution in [3.63, 3.8) is 0 Å². The van der Waals surface area contributed by atoms with Gasteiger partial charge in [0.2, 0.25) is 6.33 Å². The van der Waals surface area contributed by atoms with E-state index >= 15 is 0 Å². The largest absolute Gasteiger partial charge is 0.243 e. The van der Waals surface area contributed by atoms with Crippen LogP contribution in [0.3, 0.4) is 0 Å². The molecule has 3 rings (SSSR count). The van der Waals surface area contributed by atoms with E-state index in [9.17, 15) is 0 Å². The van der Waals surface area contributed by atoms with Gasteiger partial charge < -0.3 is 0 Å². The standard InChI is InChI=1S/C34H51N2/c1-4-6-7-8-9-10-11-12-13-14-21-26-33(36-28-27-35(5-2)30-36)34(3,32-24-19-16-20-25-32)29-31-22-17-15-18-23-31/h15-20,22-25,27-28,30,33H,4-14,21,26,29H2,1-3H3/q+1. The Morgan fingerprint density at radius 3 is 1.83 bits per heavy atom. The summed E-state index contributed by atoms with van der Waals surface area (Å²) in [7, 11) is 0. The Labute approximate surface area is 221 Å². The summed E-state index contributed by atoms with van der Waals surface area (Å²) in [6.45, 7) is 8.03. The summed E-state index contributed by atoms with van der Waals surface area (Å²) in [6, 6.07) is 22.7. The van der Waals surface area contributed by atoms with Gasteiger partial charge in [-0.25, -0.2) is 9.13 Å². The monoisotopic (exact) mass is 487 g/mol. The first-order chi connectivity index (χ1) is 17.7. The van der Waals surface area contributed by atoms with Gasteiger partial charge in [-0.05, 0) is 37.3 Å². The highest BCUT2D eigenvalue weighted by Gasteiger charge is 2.40. The molecule has 0 fully saturated rings. The average Bonchev–Trinajstić information content (AvgIpc) is 3.39. The van der Waals surface area contributed by atoms with Crippen molar-refractivity contribution >= 4 is 0 Å². The minimum Gasteiger partial charge on any atom is -0.237 e. The highest BCUT2D eigenvalue weighted by atomic mass is 15.1. The van der Waals surface area contributed by atoms with Crippen molar-refractivity contribution < 1.29 is 4.57 Å². The predicted molar refractivity (Wildman–Crippen MR) is 154 cm³/mol. The second-order valence-electron chi connectivity index (χ2n) is 11.0. The lowest BCUT2D eigenvalue weighted by Crippen LogP contribution is -2.37. The van der Waals surface area contributed by atoms with E-state index in [0.717, 1.165) is 13.0 Å². The quantitative estimate of drug-likeness (QED) is 0.125. The third kappa shape index (κ3) is 8.64. The molecule has 2 aromatic carbocycles. The van der Waals surface area contributed by atoms with E-state index in [-0.39, 0.29) is 5.41 Å². The summed E-state index contributed by atoms with van der Waals surface area (Å²) >= 11 is 0. The topological polar surface area (TPSA) is 8.81 Å². The second kappa shape index (κ2) is 15.7. The molecule has 1 aromatic heterocycles. The van der Waals surface area contributed by atoms with Crippen molar-refractivity contribution in [1.82, 2.24) is 4.57 Å². The lowest BCUT2D eigenvalue weighted by atomic mass is 9.70. The van der Waals surface area contributed by atoms with Crippen LogP contribution in [0.5, 0.6) is 0 Å². The van der Waals surface area contributed by atoms with Gasteiger partial charge in [0.1, 0.15) is 18.4 Å². The predicted octanol–water partition coefficient (Wildman–Crippen LogP) is 9.24. The van der Waals surface area contributed by atoms with Crippen LogP contribution in [0.4, 0.5) is 0 Å². The van der Waals surface area contributed by atoms with Gasteiger partial charge in [0, 0.05) is 5.41 Å². The van der Waals surface area contributed by atoms with E-state index in [1.807, 2.05) is 0 Å². The van der Waals surface area contributed by atoms with Gasteiger partial charge in [0.05, 0.1) is 6.54 Å². The highest BCUT2D eigenvalue weighted by molar-refractivity contribution is 5.30. The Kier molecular flexibility index (Phi) is 12.3. The third-order valence-corrected chi connectivity index (χ3v) is 8.10. The molecule has 0 aliphatic rings. The number of nitrogens with zero attached hydrogens (tertiary/aromatic N) is 2. The van der Waals surface area contributed by atoms with Crippen molar-refractivity contribution in [2.75, 3.05) is 0 Å². The van der Waals surface area contributed by atoms with Gasteiger partial charge >= 0.3 is 0 Å². The maximum atomic E-state index is 2.51. The molecule has 0 saturated carbocycles. The van der Waals surface area contributed by atoms with Crippen molar-refractivity contribution in [2.45, 2.75) is 122 Å². The van der Waals surface area contributed by atoms with Crippen molar-refractivity contribution in [3.8, 4) is 0 Å². The van der Waals surface area contributed by atoms with Gasteiger partial charge in [0.15, 0.2) is 0 Å². The molecule has 2 atom stereocenters. The fourth-order valence-corrected chi connectivity index (χ4v) is 5.83. The van der Waals surface area contributed by atoms with E-state index in [0.29, 0.717) is 6.04 Å². The fraction of sp³-hybridized carbons (Fsp3) is 0.559. The van der Waals surface area contributed by atoms with Crippen LogP contribution < -0.4 is 4.57 Å². The lowest BCUT2D eigenvalue weighted by molar-refractivity contribution is -0.693. The second-order valence-corrected chi connectivity index (χ2v) is 11.0. The molecule has 0 aliphatic heterocycles. The van der Waals surface area contributed by atoms with Crippen LogP contribution in [0.25, 0.3) is 0 Å². The number of unbranched alkanes of at least 4 members (excludes halogenated alkanes) is 10. The fourth-order valence-electron chi connectivity index (χ4n) is 5.83. The summed E-state index contributed by atoms with van der Waals surface area (Å²) in [5, 5.41) is 0. The van der Waals surface area contributed by atoms with E-state index < -0.39 is 0 Å². The number of imidazole rings is 1.